The molecule has 2 aliphatic carbocycles. The largest absolute Gasteiger partial charge is 0.504 e. The average molecular weight is 474 g/mol. The van der Waals surface area contributed by atoms with Crippen LogP contribution in [0.3, 0.4) is 0 Å². The summed E-state index contributed by atoms with van der Waals surface area (Å²) in [7, 11) is 0. The number of amides is 1. The number of rotatable bonds is 6. The van der Waals surface area contributed by atoms with Crippen LogP contribution in [0.5, 0.6) is 17.2 Å². The molecule has 2 saturated carbocycles. The molecule has 5 atom stereocenters. The molecule has 8 heteroatoms. The predicted octanol–water partition coefficient (Wildman–Crippen LogP) is 3.76. The minimum absolute atomic E-state index is 0.00280. The molecule has 0 aromatic heterocycles. The first-order valence-electron chi connectivity index (χ1n) is 12.2. The third-order valence-corrected chi connectivity index (χ3v) is 9.09. The minimum Gasteiger partial charge on any atom is -0.504 e. The van der Waals surface area contributed by atoms with E-state index in [1.165, 1.54) is 4.90 Å². The van der Waals surface area contributed by atoms with Gasteiger partial charge in [-0.2, -0.15) is 0 Å². The number of nitrogens with zero attached hydrogens (tertiary/aromatic N) is 1. The van der Waals surface area contributed by atoms with Crippen LogP contribution in [0.15, 0.2) is 12.1 Å². The molecular formula is C26H35NO7. The van der Waals surface area contributed by atoms with Gasteiger partial charge in [0.2, 0.25) is 5.91 Å². The highest BCUT2D eigenvalue weighted by atomic mass is 16.5. The van der Waals surface area contributed by atoms with E-state index in [-0.39, 0.29) is 40.8 Å². The van der Waals surface area contributed by atoms with Gasteiger partial charge in [0.1, 0.15) is 12.1 Å². The van der Waals surface area contributed by atoms with Crippen molar-refractivity contribution in [3.05, 3.63) is 17.7 Å². The first-order chi connectivity index (χ1) is 15.9. The molecule has 34 heavy (non-hydrogen) atoms. The predicted molar refractivity (Wildman–Crippen MR) is 123 cm³/mol. The van der Waals surface area contributed by atoms with Crippen molar-refractivity contribution in [3.8, 4) is 17.2 Å². The van der Waals surface area contributed by atoms with Crippen LogP contribution >= 0.6 is 0 Å². The molecule has 1 amide bonds. The van der Waals surface area contributed by atoms with Crippen LogP contribution in [0.4, 0.5) is 0 Å². The number of aromatic hydroxyl groups is 3. The fraction of sp³-hybridized carbons (Fsp3) is 0.654. The van der Waals surface area contributed by atoms with Crippen LogP contribution in [0.25, 0.3) is 0 Å². The number of hydrogen-bond acceptors (Lipinski definition) is 7. The fourth-order valence-corrected chi connectivity index (χ4v) is 6.33. The molecule has 0 spiro atoms. The second-order valence-corrected chi connectivity index (χ2v) is 11.1. The van der Waals surface area contributed by atoms with E-state index in [9.17, 15) is 29.7 Å². The first kappa shape index (κ1) is 24.4. The molecule has 1 aromatic carbocycles. The summed E-state index contributed by atoms with van der Waals surface area (Å²) in [4.78, 5) is 40.5. The topological polar surface area (TPSA) is 124 Å². The lowest BCUT2D eigenvalue weighted by atomic mass is 9.70. The SMILES string of the molecule is CC(CC(=O)c1cc(O)c(O)c(O)c1)C(=O)N1CCCC1C(=O)OC1CC2CCC1(C)C2(C)C. The van der Waals surface area contributed by atoms with Gasteiger partial charge in [-0.3, -0.25) is 9.59 Å². The molecule has 1 saturated heterocycles. The van der Waals surface area contributed by atoms with E-state index in [2.05, 4.69) is 20.8 Å². The summed E-state index contributed by atoms with van der Waals surface area (Å²) in [6.45, 7) is 8.79. The maximum atomic E-state index is 13.2. The van der Waals surface area contributed by atoms with E-state index in [4.69, 9.17) is 4.74 Å². The van der Waals surface area contributed by atoms with Crippen molar-refractivity contribution >= 4 is 17.7 Å². The molecule has 3 fully saturated rings. The summed E-state index contributed by atoms with van der Waals surface area (Å²) in [5.41, 5.74) is 0.0635. The molecule has 3 N–H and O–H groups in total. The molecule has 3 aliphatic rings. The molecule has 186 valence electrons. The number of carbonyl (C=O) groups excluding carboxylic acids is 3. The highest BCUT2D eigenvalue weighted by Crippen LogP contribution is 2.66. The summed E-state index contributed by atoms with van der Waals surface area (Å²) in [6, 6.07) is 1.47. The number of likely N-dealkylation sites (tertiary alicyclic amines) is 1. The number of hydrogen-bond donors (Lipinski definition) is 3. The van der Waals surface area contributed by atoms with Gasteiger partial charge in [-0.05, 0) is 55.6 Å². The van der Waals surface area contributed by atoms with E-state index >= 15 is 0 Å². The number of phenols is 3. The highest BCUT2D eigenvalue weighted by molar-refractivity contribution is 6.00. The van der Waals surface area contributed by atoms with Gasteiger partial charge in [0, 0.05) is 29.9 Å². The lowest BCUT2D eigenvalue weighted by molar-refractivity contribution is -0.165. The third-order valence-electron chi connectivity index (χ3n) is 9.09. The number of benzene rings is 1. The number of esters is 1. The molecule has 8 nitrogen and oxygen atoms in total. The number of fused-ring (bicyclic) bond motifs is 2. The summed E-state index contributed by atoms with van der Waals surface area (Å²) in [5, 5.41) is 28.8. The van der Waals surface area contributed by atoms with Gasteiger partial charge in [0.15, 0.2) is 23.0 Å². The second-order valence-electron chi connectivity index (χ2n) is 11.1. The van der Waals surface area contributed by atoms with Gasteiger partial charge < -0.3 is 25.0 Å². The van der Waals surface area contributed by atoms with Crippen molar-refractivity contribution in [1.29, 1.82) is 0 Å². The Hall–Kier alpha value is -2.77. The summed E-state index contributed by atoms with van der Waals surface area (Å²) in [5.74, 6) is -3.18. The number of ether oxygens (including phenoxy) is 1. The molecule has 1 heterocycles. The van der Waals surface area contributed by atoms with Crippen molar-refractivity contribution < 1.29 is 34.4 Å². The van der Waals surface area contributed by atoms with E-state index in [1.54, 1.807) is 6.92 Å². The summed E-state index contributed by atoms with van der Waals surface area (Å²) >= 11 is 0. The Morgan fingerprint density at radius 3 is 2.32 bits per heavy atom. The van der Waals surface area contributed by atoms with Crippen LogP contribution in [-0.2, 0) is 14.3 Å². The van der Waals surface area contributed by atoms with E-state index in [0.717, 1.165) is 31.4 Å². The minimum atomic E-state index is -0.702. The van der Waals surface area contributed by atoms with Crippen molar-refractivity contribution in [2.24, 2.45) is 22.7 Å². The Balaban J connectivity index is 1.40. The maximum absolute atomic E-state index is 13.2. The lowest BCUT2D eigenvalue weighted by Crippen LogP contribution is -2.46. The van der Waals surface area contributed by atoms with Gasteiger partial charge >= 0.3 is 5.97 Å². The zero-order valence-corrected chi connectivity index (χ0v) is 20.3. The lowest BCUT2D eigenvalue weighted by Gasteiger charge is -2.39. The van der Waals surface area contributed by atoms with Gasteiger partial charge in [0.25, 0.3) is 0 Å². The van der Waals surface area contributed by atoms with Crippen LogP contribution in [0.2, 0.25) is 0 Å². The average Bonchev–Trinajstić information content (AvgIpc) is 3.40. The number of ketones is 1. The molecule has 1 aliphatic heterocycles. The number of Topliss-reactive ketones (excluding diaryl/α,β-unsaturated/α-hetero) is 1. The van der Waals surface area contributed by atoms with Crippen LogP contribution in [-0.4, -0.2) is 56.6 Å². The summed E-state index contributed by atoms with van der Waals surface area (Å²) in [6.07, 6.45) is 4.01. The van der Waals surface area contributed by atoms with Gasteiger partial charge in [-0.25, -0.2) is 4.79 Å². The van der Waals surface area contributed by atoms with Crippen molar-refractivity contribution in [2.75, 3.05) is 6.54 Å². The molecule has 0 radical (unpaired) electrons. The maximum Gasteiger partial charge on any atom is 0.329 e. The zero-order valence-electron chi connectivity index (χ0n) is 20.3. The monoisotopic (exact) mass is 473 g/mol. The van der Waals surface area contributed by atoms with Crippen molar-refractivity contribution in [1.82, 2.24) is 4.90 Å². The standard InChI is InChI=1S/C26H35NO7/c1-14(10-18(28)15-11-19(29)22(31)20(30)12-15)23(32)27-9-5-6-17(27)24(33)34-21-13-16-7-8-26(21,4)25(16,2)3/h11-12,14,16-17,21,29-31H,5-10,13H2,1-4H3. The quantitative estimate of drug-likeness (QED) is 0.326. The Kier molecular flexibility index (Phi) is 6.07. The fourth-order valence-electron chi connectivity index (χ4n) is 6.33. The molecule has 2 bridgehead atoms. The van der Waals surface area contributed by atoms with Crippen molar-refractivity contribution in [3.63, 3.8) is 0 Å². The molecule has 5 unspecified atom stereocenters. The molecule has 1 aromatic rings. The van der Waals surface area contributed by atoms with Crippen LogP contribution < -0.4 is 0 Å². The van der Waals surface area contributed by atoms with Gasteiger partial charge in [-0.15, -0.1) is 0 Å². The normalized spacial score (nSPS) is 30.4. The molecule has 4 rings (SSSR count). The third kappa shape index (κ3) is 3.81. The Morgan fingerprint density at radius 1 is 1.12 bits per heavy atom. The summed E-state index contributed by atoms with van der Waals surface area (Å²) < 4.78 is 6.04. The van der Waals surface area contributed by atoms with Crippen LogP contribution in [0.1, 0.15) is 76.6 Å². The van der Waals surface area contributed by atoms with E-state index in [1.807, 2.05) is 0 Å². The Labute approximate surface area is 199 Å². The van der Waals surface area contributed by atoms with E-state index < -0.39 is 35.0 Å². The second kappa shape index (κ2) is 8.47. The number of phenolic OH excluding ortho intramolecular Hbond substituents is 3. The zero-order chi connectivity index (χ0) is 25.0. The van der Waals surface area contributed by atoms with Crippen molar-refractivity contribution in [2.45, 2.75) is 78.4 Å². The number of carbonyl (C=O) groups is 3. The van der Waals surface area contributed by atoms with Gasteiger partial charge in [-0.1, -0.05) is 27.7 Å². The first-order valence-corrected chi connectivity index (χ1v) is 12.2. The Bertz CT molecular complexity index is 995. The van der Waals surface area contributed by atoms with E-state index in [0.29, 0.717) is 25.3 Å². The molecular weight excluding hydrogens is 438 g/mol. The van der Waals surface area contributed by atoms with Crippen LogP contribution in [0, 0.1) is 22.7 Å². The Morgan fingerprint density at radius 2 is 1.76 bits per heavy atom. The van der Waals surface area contributed by atoms with Gasteiger partial charge in [0.05, 0.1) is 0 Å². The highest BCUT2D eigenvalue weighted by Gasteiger charge is 2.63. The smallest absolute Gasteiger partial charge is 0.329 e.